The molecule has 15 heavy (non-hydrogen) atoms. The molecule has 1 aromatic carbocycles. The van der Waals surface area contributed by atoms with Crippen LogP contribution in [0.5, 0.6) is 0 Å². The number of benzene rings is 1. The van der Waals surface area contributed by atoms with Gasteiger partial charge in [-0.2, -0.15) is 0 Å². The zero-order valence-electron chi connectivity index (χ0n) is 7.54. The van der Waals surface area contributed by atoms with E-state index in [0.717, 1.165) is 5.56 Å². The minimum atomic E-state index is -0.308. The summed E-state index contributed by atoms with van der Waals surface area (Å²) >= 11 is 3.27. The Balaban J connectivity index is 2.48. The number of hydrogen-bond donors (Lipinski definition) is 0. The first-order valence-electron chi connectivity index (χ1n) is 4.21. The van der Waals surface area contributed by atoms with E-state index in [1.165, 1.54) is 12.1 Å². The highest BCUT2D eigenvalue weighted by atomic mass is 79.9. The van der Waals surface area contributed by atoms with Crippen LogP contribution in [0.4, 0.5) is 4.39 Å². The highest BCUT2D eigenvalue weighted by molar-refractivity contribution is 9.10. The van der Waals surface area contributed by atoms with Crippen molar-refractivity contribution in [2.24, 2.45) is 0 Å². The first-order chi connectivity index (χ1) is 7.20. The third kappa shape index (κ3) is 1.99. The van der Waals surface area contributed by atoms with E-state index in [2.05, 4.69) is 15.9 Å². The van der Waals surface area contributed by atoms with Crippen LogP contribution >= 0.6 is 15.9 Å². The van der Waals surface area contributed by atoms with Gasteiger partial charge in [0.2, 0.25) is 0 Å². The fourth-order valence-corrected chi connectivity index (χ4v) is 1.78. The first kappa shape index (κ1) is 10.1. The van der Waals surface area contributed by atoms with Crippen molar-refractivity contribution in [1.29, 1.82) is 0 Å². The molecule has 0 aliphatic rings. The molecule has 0 saturated heterocycles. The zero-order chi connectivity index (χ0) is 10.8. The lowest BCUT2D eigenvalue weighted by molar-refractivity contribution is 0.110. The van der Waals surface area contributed by atoms with Gasteiger partial charge >= 0.3 is 0 Å². The minimum absolute atomic E-state index is 0.237. The van der Waals surface area contributed by atoms with Gasteiger partial charge in [-0.25, -0.2) is 4.39 Å². The summed E-state index contributed by atoms with van der Waals surface area (Å²) in [6.45, 7) is 0. The molecule has 0 amide bonds. The summed E-state index contributed by atoms with van der Waals surface area (Å²) in [5.41, 5.74) is 0.719. The van der Waals surface area contributed by atoms with E-state index in [9.17, 15) is 9.18 Å². The normalized spacial score (nSPS) is 10.3. The molecule has 0 N–H and O–H groups in total. The standard InChI is InChI=1S/C11H6BrFO2/c12-10-5-9(6-14)15-11(10)7-1-3-8(13)4-2-7/h1-6H. The molecule has 0 aliphatic heterocycles. The molecule has 0 atom stereocenters. The van der Waals surface area contributed by atoms with E-state index in [4.69, 9.17) is 4.42 Å². The summed E-state index contributed by atoms with van der Waals surface area (Å²) in [6.07, 6.45) is 0.623. The smallest absolute Gasteiger partial charge is 0.185 e. The van der Waals surface area contributed by atoms with E-state index in [0.29, 0.717) is 16.5 Å². The topological polar surface area (TPSA) is 30.2 Å². The number of hydrogen-bond acceptors (Lipinski definition) is 2. The van der Waals surface area contributed by atoms with Crippen molar-refractivity contribution in [2.75, 3.05) is 0 Å². The SMILES string of the molecule is O=Cc1cc(Br)c(-c2ccc(F)cc2)o1. The van der Waals surface area contributed by atoms with Gasteiger partial charge in [-0.15, -0.1) is 0 Å². The predicted octanol–water partition coefficient (Wildman–Crippen LogP) is 3.66. The molecule has 0 saturated carbocycles. The van der Waals surface area contributed by atoms with Gasteiger partial charge in [-0.05, 0) is 40.2 Å². The van der Waals surface area contributed by atoms with Crippen LogP contribution in [0.1, 0.15) is 10.6 Å². The Hall–Kier alpha value is -1.42. The predicted molar refractivity (Wildman–Crippen MR) is 57.2 cm³/mol. The van der Waals surface area contributed by atoms with Crippen LogP contribution in [0.25, 0.3) is 11.3 Å². The molecule has 0 aliphatic carbocycles. The third-order valence-electron chi connectivity index (χ3n) is 1.93. The maximum absolute atomic E-state index is 12.7. The van der Waals surface area contributed by atoms with E-state index in [-0.39, 0.29) is 11.6 Å². The van der Waals surface area contributed by atoms with E-state index in [1.54, 1.807) is 18.2 Å². The van der Waals surface area contributed by atoms with Crippen molar-refractivity contribution in [3.63, 3.8) is 0 Å². The van der Waals surface area contributed by atoms with Crippen molar-refractivity contribution >= 4 is 22.2 Å². The minimum Gasteiger partial charge on any atom is -0.452 e. The maximum Gasteiger partial charge on any atom is 0.185 e. The van der Waals surface area contributed by atoms with Gasteiger partial charge in [-0.1, -0.05) is 0 Å². The highest BCUT2D eigenvalue weighted by Crippen LogP contribution is 2.30. The van der Waals surface area contributed by atoms with Crippen molar-refractivity contribution in [1.82, 2.24) is 0 Å². The summed E-state index contributed by atoms with van der Waals surface area (Å²) in [5.74, 6) is 0.454. The monoisotopic (exact) mass is 268 g/mol. The molecule has 0 fully saturated rings. The van der Waals surface area contributed by atoms with Gasteiger partial charge in [0, 0.05) is 11.6 Å². The molecule has 0 bridgehead atoms. The average Bonchev–Trinajstić information content (AvgIpc) is 2.61. The molecular weight excluding hydrogens is 263 g/mol. The molecule has 1 aromatic heterocycles. The molecule has 2 nitrogen and oxygen atoms in total. The van der Waals surface area contributed by atoms with Crippen LogP contribution < -0.4 is 0 Å². The Kier molecular flexibility index (Phi) is 2.68. The molecule has 0 unspecified atom stereocenters. The van der Waals surface area contributed by atoms with E-state index in [1.807, 2.05) is 0 Å². The van der Waals surface area contributed by atoms with E-state index >= 15 is 0 Å². The third-order valence-corrected chi connectivity index (χ3v) is 2.52. The molecule has 0 radical (unpaired) electrons. The van der Waals surface area contributed by atoms with Gasteiger partial charge in [0.25, 0.3) is 0 Å². The molecular formula is C11H6BrFO2. The Morgan fingerprint density at radius 2 is 1.93 bits per heavy atom. The van der Waals surface area contributed by atoms with Gasteiger partial charge < -0.3 is 4.42 Å². The Bertz CT molecular complexity index is 488. The molecule has 2 rings (SSSR count). The number of halogens is 2. The Morgan fingerprint density at radius 3 is 2.47 bits per heavy atom. The molecule has 0 spiro atoms. The zero-order valence-corrected chi connectivity index (χ0v) is 9.12. The quantitative estimate of drug-likeness (QED) is 0.779. The largest absolute Gasteiger partial charge is 0.452 e. The average molecular weight is 269 g/mol. The number of furan rings is 1. The Morgan fingerprint density at radius 1 is 1.27 bits per heavy atom. The number of carbonyl (C=O) groups is 1. The summed E-state index contributed by atoms with van der Waals surface area (Å²) in [4.78, 5) is 10.5. The molecule has 4 heteroatoms. The number of aldehydes is 1. The fourth-order valence-electron chi connectivity index (χ4n) is 1.24. The van der Waals surface area contributed by atoms with Crippen LogP contribution in [0.3, 0.4) is 0 Å². The summed E-state index contributed by atoms with van der Waals surface area (Å²) in [5, 5.41) is 0. The van der Waals surface area contributed by atoms with Crippen LogP contribution in [0.15, 0.2) is 39.2 Å². The summed E-state index contributed by atoms with van der Waals surface area (Å²) in [7, 11) is 0. The van der Waals surface area contributed by atoms with Crippen molar-refractivity contribution in [2.45, 2.75) is 0 Å². The summed E-state index contributed by atoms with van der Waals surface area (Å²) in [6, 6.07) is 7.43. The van der Waals surface area contributed by atoms with Crippen LogP contribution in [0, 0.1) is 5.82 Å². The van der Waals surface area contributed by atoms with Crippen LogP contribution in [0.2, 0.25) is 0 Å². The second-order valence-electron chi connectivity index (χ2n) is 2.95. The number of rotatable bonds is 2. The molecule has 1 heterocycles. The molecule has 76 valence electrons. The van der Waals surface area contributed by atoms with Crippen molar-refractivity contribution < 1.29 is 13.6 Å². The Labute approximate surface area is 93.8 Å². The summed E-state index contributed by atoms with van der Waals surface area (Å²) < 4.78 is 18.6. The number of carbonyl (C=O) groups excluding carboxylic acids is 1. The van der Waals surface area contributed by atoms with Gasteiger partial charge in [0.1, 0.15) is 11.6 Å². The van der Waals surface area contributed by atoms with Crippen molar-refractivity contribution in [3.8, 4) is 11.3 Å². The lowest BCUT2D eigenvalue weighted by atomic mass is 10.2. The van der Waals surface area contributed by atoms with Gasteiger partial charge in [0.05, 0.1) is 4.47 Å². The van der Waals surface area contributed by atoms with E-state index < -0.39 is 0 Å². The molecule has 2 aromatic rings. The second kappa shape index (κ2) is 3.98. The fraction of sp³-hybridized carbons (Fsp3) is 0. The first-order valence-corrected chi connectivity index (χ1v) is 5.00. The second-order valence-corrected chi connectivity index (χ2v) is 3.80. The lowest BCUT2D eigenvalue weighted by Gasteiger charge is -1.97. The highest BCUT2D eigenvalue weighted by Gasteiger charge is 2.10. The lowest BCUT2D eigenvalue weighted by Crippen LogP contribution is -1.76. The van der Waals surface area contributed by atoms with Gasteiger partial charge in [-0.3, -0.25) is 4.79 Å². The van der Waals surface area contributed by atoms with Gasteiger partial charge in [0.15, 0.2) is 12.0 Å². The maximum atomic E-state index is 12.7. The van der Waals surface area contributed by atoms with Crippen LogP contribution in [-0.4, -0.2) is 6.29 Å². The van der Waals surface area contributed by atoms with Crippen molar-refractivity contribution in [3.05, 3.63) is 46.4 Å². The van der Waals surface area contributed by atoms with Crippen LogP contribution in [-0.2, 0) is 0 Å².